The lowest BCUT2D eigenvalue weighted by atomic mass is 10.2. The molecule has 0 aliphatic carbocycles. The zero-order chi connectivity index (χ0) is 18.5. The monoisotopic (exact) mass is 487 g/mol. The number of benzene rings is 1. The van der Waals surface area contributed by atoms with Crippen LogP contribution in [0.4, 0.5) is 5.82 Å². The summed E-state index contributed by atoms with van der Waals surface area (Å²) in [4.78, 5) is 8.81. The van der Waals surface area contributed by atoms with Gasteiger partial charge in [0.1, 0.15) is 5.82 Å². The van der Waals surface area contributed by atoms with Crippen LogP contribution in [0.1, 0.15) is 6.42 Å². The summed E-state index contributed by atoms with van der Waals surface area (Å²) in [7, 11) is 3.44. The predicted molar refractivity (Wildman–Crippen MR) is 122 cm³/mol. The number of fused-ring (bicyclic) bond motifs is 1. The first-order chi connectivity index (χ1) is 12.8. The van der Waals surface area contributed by atoms with Gasteiger partial charge in [-0.15, -0.1) is 24.0 Å². The van der Waals surface area contributed by atoms with E-state index in [4.69, 9.17) is 9.47 Å². The number of guanidine groups is 1. The van der Waals surface area contributed by atoms with Crippen molar-refractivity contribution in [2.24, 2.45) is 4.99 Å². The van der Waals surface area contributed by atoms with Crippen molar-refractivity contribution < 1.29 is 9.47 Å². The highest BCUT2D eigenvalue weighted by atomic mass is 127. The number of rotatable bonds is 11. The number of aromatic nitrogens is 1. The summed E-state index contributed by atoms with van der Waals surface area (Å²) in [6.45, 7) is 4.30. The molecule has 0 aliphatic heterocycles. The molecule has 1 aromatic heterocycles. The minimum atomic E-state index is 0. The smallest absolute Gasteiger partial charge is 0.191 e. The molecule has 8 heteroatoms. The Morgan fingerprint density at radius 3 is 2.63 bits per heavy atom. The summed E-state index contributed by atoms with van der Waals surface area (Å²) < 4.78 is 10.4. The number of nitrogens with zero attached hydrogens (tertiary/aromatic N) is 2. The van der Waals surface area contributed by atoms with Crippen molar-refractivity contribution in [2.75, 3.05) is 58.9 Å². The number of para-hydroxylation sites is 1. The van der Waals surface area contributed by atoms with Gasteiger partial charge in [0.05, 0.1) is 18.7 Å². The van der Waals surface area contributed by atoms with Crippen LogP contribution in [0.5, 0.6) is 0 Å². The van der Waals surface area contributed by atoms with Gasteiger partial charge in [-0.05, 0) is 24.6 Å². The minimum Gasteiger partial charge on any atom is -0.382 e. The van der Waals surface area contributed by atoms with Gasteiger partial charge < -0.3 is 25.4 Å². The van der Waals surface area contributed by atoms with Crippen molar-refractivity contribution in [1.29, 1.82) is 0 Å². The fraction of sp³-hybridized carbons (Fsp3) is 0.474. The van der Waals surface area contributed by atoms with Crippen molar-refractivity contribution in [3.8, 4) is 0 Å². The van der Waals surface area contributed by atoms with Crippen LogP contribution in [0.2, 0.25) is 0 Å². The maximum Gasteiger partial charge on any atom is 0.191 e. The Morgan fingerprint density at radius 2 is 1.81 bits per heavy atom. The van der Waals surface area contributed by atoms with Gasteiger partial charge in [0.25, 0.3) is 0 Å². The molecule has 150 valence electrons. The maximum absolute atomic E-state index is 5.43. The van der Waals surface area contributed by atoms with Crippen molar-refractivity contribution in [2.45, 2.75) is 6.42 Å². The molecule has 2 aromatic rings. The van der Waals surface area contributed by atoms with Gasteiger partial charge in [0.15, 0.2) is 5.96 Å². The lowest BCUT2D eigenvalue weighted by molar-refractivity contribution is 0.0698. The fourth-order valence-electron chi connectivity index (χ4n) is 2.38. The van der Waals surface area contributed by atoms with Gasteiger partial charge in [-0.3, -0.25) is 4.99 Å². The summed E-state index contributed by atoms with van der Waals surface area (Å²) in [6.07, 6.45) is 0.920. The van der Waals surface area contributed by atoms with E-state index < -0.39 is 0 Å². The van der Waals surface area contributed by atoms with Gasteiger partial charge in [0, 0.05) is 45.8 Å². The molecule has 1 heterocycles. The highest BCUT2D eigenvalue weighted by molar-refractivity contribution is 14.0. The first-order valence-electron chi connectivity index (χ1n) is 8.94. The minimum absolute atomic E-state index is 0. The largest absolute Gasteiger partial charge is 0.382 e. The number of pyridine rings is 1. The number of ether oxygens (including phenoxy) is 2. The number of halogens is 1. The van der Waals surface area contributed by atoms with Gasteiger partial charge in [0.2, 0.25) is 0 Å². The second-order valence-electron chi connectivity index (χ2n) is 5.70. The summed E-state index contributed by atoms with van der Waals surface area (Å²) in [5, 5.41) is 11.0. The van der Waals surface area contributed by atoms with E-state index >= 15 is 0 Å². The molecule has 0 spiro atoms. The van der Waals surface area contributed by atoms with Crippen LogP contribution < -0.4 is 16.0 Å². The topological polar surface area (TPSA) is 79.8 Å². The Bertz CT molecular complexity index is 684. The van der Waals surface area contributed by atoms with E-state index in [2.05, 4.69) is 38.1 Å². The van der Waals surface area contributed by atoms with E-state index in [0.717, 1.165) is 48.7 Å². The quantitative estimate of drug-likeness (QED) is 0.196. The molecule has 0 amide bonds. The Hall–Kier alpha value is -1.65. The molecule has 0 fully saturated rings. The number of aliphatic imine (C=N–C) groups is 1. The summed E-state index contributed by atoms with van der Waals surface area (Å²) in [5.41, 5.74) is 0.996. The summed E-state index contributed by atoms with van der Waals surface area (Å²) in [6, 6.07) is 12.2. The molecular weight excluding hydrogens is 457 g/mol. The van der Waals surface area contributed by atoms with Crippen LogP contribution in [-0.2, 0) is 9.47 Å². The van der Waals surface area contributed by atoms with Crippen LogP contribution in [0, 0.1) is 0 Å². The summed E-state index contributed by atoms with van der Waals surface area (Å²) in [5.74, 6) is 1.66. The van der Waals surface area contributed by atoms with Crippen LogP contribution in [-0.4, -0.2) is 64.6 Å². The highest BCUT2D eigenvalue weighted by Crippen LogP contribution is 2.13. The average Bonchev–Trinajstić information content (AvgIpc) is 2.68. The van der Waals surface area contributed by atoms with Crippen LogP contribution in [0.3, 0.4) is 0 Å². The number of methoxy groups -OCH3 is 1. The first kappa shape index (κ1) is 23.4. The number of hydrogen-bond donors (Lipinski definition) is 3. The fourth-order valence-corrected chi connectivity index (χ4v) is 2.38. The van der Waals surface area contributed by atoms with Crippen molar-refractivity contribution in [1.82, 2.24) is 15.6 Å². The van der Waals surface area contributed by atoms with E-state index in [9.17, 15) is 0 Å². The predicted octanol–water partition coefficient (Wildman–Crippen LogP) is 2.48. The van der Waals surface area contributed by atoms with Crippen LogP contribution in [0.25, 0.3) is 10.9 Å². The van der Waals surface area contributed by atoms with Crippen LogP contribution >= 0.6 is 24.0 Å². The number of anilines is 1. The molecule has 0 unspecified atom stereocenters. The van der Waals surface area contributed by atoms with Crippen molar-refractivity contribution in [3.63, 3.8) is 0 Å². The molecule has 0 bridgehead atoms. The maximum atomic E-state index is 5.43. The standard InChI is InChI=1S/C19H29N5O2.HI/c1-20-19(22-10-5-13-26-15-14-25-2)23-12-11-21-18-9-8-16-6-3-4-7-17(16)24-18;/h3-4,6-9H,5,10-15H2,1-2H3,(H,21,24)(H2,20,22,23);1H. The number of hydrogen-bond acceptors (Lipinski definition) is 5. The molecule has 2 rings (SSSR count). The van der Waals surface area contributed by atoms with Gasteiger partial charge in [-0.2, -0.15) is 0 Å². The molecule has 0 atom stereocenters. The molecule has 0 radical (unpaired) electrons. The van der Waals surface area contributed by atoms with Gasteiger partial charge in [-0.1, -0.05) is 18.2 Å². The van der Waals surface area contributed by atoms with E-state index in [0.29, 0.717) is 19.8 Å². The Labute approximate surface area is 178 Å². The molecule has 7 nitrogen and oxygen atoms in total. The molecule has 0 saturated heterocycles. The Balaban J connectivity index is 0.00000364. The first-order valence-corrected chi connectivity index (χ1v) is 8.94. The lowest BCUT2D eigenvalue weighted by Gasteiger charge is -2.12. The summed E-state index contributed by atoms with van der Waals surface area (Å²) >= 11 is 0. The molecular formula is C19H30IN5O2. The van der Waals surface area contributed by atoms with Gasteiger partial charge in [-0.25, -0.2) is 4.98 Å². The zero-order valence-electron chi connectivity index (χ0n) is 16.0. The molecule has 27 heavy (non-hydrogen) atoms. The molecule has 3 N–H and O–H groups in total. The third-order valence-corrected chi connectivity index (χ3v) is 3.74. The lowest BCUT2D eigenvalue weighted by Crippen LogP contribution is -2.40. The van der Waals surface area contributed by atoms with E-state index in [-0.39, 0.29) is 24.0 Å². The second kappa shape index (κ2) is 14.4. The van der Waals surface area contributed by atoms with Crippen molar-refractivity contribution in [3.05, 3.63) is 36.4 Å². The molecule has 1 aromatic carbocycles. The zero-order valence-corrected chi connectivity index (χ0v) is 18.4. The molecule has 0 aliphatic rings. The van der Waals surface area contributed by atoms with Crippen molar-refractivity contribution >= 4 is 46.7 Å². The van der Waals surface area contributed by atoms with E-state index in [1.54, 1.807) is 14.2 Å². The normalized spacial score (nSPS) is 11.1. The Kier molecular flexibility index (Phi) is 12.5. The van der Waals surface area contributed by atoms with E-state index in [1.165, 1.54) is 0 Å². The van der Waals surface area contributed by atoms with E-state index in [1.807, 2.05) is 24.3 Å². The van der Waals surface area contributed by atoms with Gasteiger partial charge >= 0.3 is 0 Å². The Morgan fingerprint density at radius 1 is 1.00 bits per heavy atom. The third kappa shape index (κ3) is 9.21. The highest BCUT2D eigenvalue weighted by Gasteiger charge is 1.99. The molecule has 0 saturated carbocycles. The third-order valence-electron chi connectivity index (χ3n) is 3.74. The van der Waals surface area contributed by atoms with Crippen LogP contribution in [0.15, 0.2) is 41.4 Å². The SMILES string of the molecule is CN=C(NCCCOCCOC)NCCNc1ccc2ccccc2n1.I. The number of nitrogens with one attached hydrogen (secondary N) is 3. The second-order valence-corrected chi connectivity index (χ2v) is 5.70. The average molecular weight is 487 g/mol.